The summed E-state index contributed by atoms with van der Waals surface area (Å²) in [6, 6.07) is 4.83. The highest BCUT2D eigenvalue weighted by Gasteiger charge is 1.96. The molecular formula is C10H10O3S2. The van der Waals surface area contributed by atoms with Crippen LogP contribution in [0, 0.1) is 0 Å². The fraction of sp³-hybridized carbons (Fsp3) is 0.100. The van der Waals surface area contributed by atoms with Crippen molar-refractivity contribution in [1.29, 1.82) is 0 Å². The molecule has 1 aromatic rings. The summed E-state index contributed by atoms with van der Waals surface area (Å²) in [5.74, 6) is -0.175. The van der Waals surface area contributed by atoms with Crippen LogP contribution in [0.3, 0.4) is 0 Å². The molecule has 0 saturated heterocycles. The lowest BCUT2D eigenvalue weighted by Gasteiger charge is -1.99. The summed E-state index contributed by atoms with van der Waals surface area (Å²) >= 11 is 5.12. The molecule has 0 saturated carbocycles. The van der Waals surface area contributed by atoms with Gasteiger partial charge in [0.15, 0.2) is 0 Å². The maximum Gasteiger partial charge on any atom is 0.314 e. The van der Waals surface area contributed by atoms with Crippen LogP contribution in [0.5, 0.6) is 5.75 Å². The Labute approximate surface area is 97.8 Å². The second-order valence-corrected chi connectivity index (χ2v) is 3.83. The molecular weight excluding hydrogens is 232 g/mol. The molecule has 0 fully saturated rings. The number of phenols is 1. The zero-order valence-electron chi connectivity index (χ0n) is 8.01. The number of benzene rings is 1. The maximum atomic E-state index is 10.4. The van der Waals surface area contributed by atoms with Crippen molar-refractivity contribution in [3.63, 3.8) is 0 Å². The van der Waals surface area contributed by atoms with Gasteiger partial charge in [-0.1, -0.05) is 6.07 Å². The Bertz CT molecular complexity index is 388. The summed E-state index contributed by atoms with van der Waals surface area (Å²) in [6.07, 6.45) is 1.75. The van der Waals surface area contributed by atoms with Crippen molar-refractivity contribution in [2.45, 2.75) is 11.8 Å². The Morgan fingerprint density at radius 2 is 2.33 bits per heavy atom. The van der Waals surface area contributed by atoms with Crippen LogP contribution in [0.1, 0.15) is 12.5 Å². The van der Waals surface area contributed by atoms with Gasteiger partial charge in [-0.05, 0) is 23.8 Å². The minimum absolute atomic E-state index is 0.171. The van der Waals surface area contributed by atoms with E-state index < -0.39 is 0 Å². The standard InChI is InChI=1S/C10H10O3S2/c1-7(11)13-15-5-4-8-2-3-9(12)6-10(8)14/h2-6,12,14H,1H3/b5-4+. The Hall–Kier alpha value is -1.07. The zero-order valence-corrected chi connectivity index (χ0v) is 9.72. The number of aromatic hydroxyl groups is 1. The number of rotatable bonds is 3. The Morgan fingerprint density at radius 3 is 2.93 bits per heavy atom. The van der Waals surface area contributed by atoms with Crippen LogP contribution < -0.4 is 0 Å². The highest BCUT2D eigenvalue weighted by atomic mass is 32.2. The van der Waals surface area contributed by atoms with Crippen LogP contribution in [0.4, 0.5) is 0 Å². The van der Waals surface area contributed by atoms with E-state index >= 15 is 0 Å². The molecule has 80 valence electrons. The van der Waals surface area contributed by atoms with E-state index in [0.717, 1.165) is 17.6 Å². The van der Waals surface area contributed by atoms with Crippen LogP contribution in [-0.4, -0.2) is 11.1 Å². The van der Waals surface area contributed by atoms with Gasteiger partial charge in [-0.2, -0.15) is 0 Å². The maximum absolute atomic E-state index is 10.4. The second kappa shape index (κ2) is 5.72. The van der Waals surface area contributed by atoms with Gasteiger partial charge in [0, 0.05) is 17.2 Å². The third-order valence-corrected chi connectivity index (χ3v) is 2.45. The molecule has 0 amide bonds. The first-order valence-electron chi connectivity index (χ1n) is 4.12. The Morgan fingerprint density at radius 1 is 1.60 bits per heavy atom. The molecule has 15 heavy (non-hydrogen) atoms. The first kappa shape index (κ1) is 12.0. The molecule has 0 aliphatic heterocycles. The fourth-order valence-corrected chi connectivity index (χ4v) is 1.54. The normalized spacial score (nSPS) is 10.5. The van der Waals surface area contributed by atoms with Crippen molar-refractivity contribution in [3.05, 3.63) is 29.2 Å². The predicted molar refractivity (Wildman–Crippen MR) is 63.7 cm³/mol. The quantitative estimate of drug-likeness (QED) is 0.632. The van der Waals surface area contributed by atoms with Crippen LogP contribution in [0.2, 0.25) is 0 Å². The minimum atomic E-state index is -0.346. The number of carbonyl (C=O) groups is 1. The lowest BCUT2D eigenvalue weighted by Crippen LogP contribution is -1.86. The number of hydrogen-bond acceptors (Lipinski definition) is 5. The molecule has 3 nitrogen and oxygen atoms in total. The number of phenolic OH excluding ortho intramolecular Hbond substituents is 1. The average molecular weight is 242 g/mol. The molecule has 0 aromatic heterocycles. The fourth-order valence-electron chi connectivity index (χ4n) is 0.870. The van der Waals surface area contributed by atoms with E-state index in [9.17, 15) is 4.79 Å². The zero-order chi connectivity index (χ0) is 11.3. The highest BCUT2D eigenvalue weighted by Crippen LogP contribution is 2.22. The largest absolute Gasteiger partial charge is 0.508 e. The topological polar surface area (TPSA) is 46.5 Å². The summed E-state index contributed by atoms with van der Waals surface area (Å²) in [7, 11) is 0. The molecule has 0 radical (unpaired) electrons. The molecule has 5 heteroatoms. The van der Waals surface area contributed by atoms with Crippen LogP contribution >= 0.6 is 24.7 Å². The van der Waals surface area contributed by atoms with E-state index in [0.29, 0.717) is 4.90 Å². The minimum Gasteiger partial charge on any atom is -0.508 e. The molecule has 0 spiro atoms. The van der Waals surface area contributed by atoms with E-state index in [1.165, 1.54) is 6.92 Å². The number of carbonyl (C=O) groups excluding carboxylic acids is 1. The van der Waals surface area contributed by atoms with Gasteiger partial charge in [0.05, 0.1) is 12.0 Å². The number of thiol groups is 1. The van der Waals surface area contributed by atoms with Crippen LogP contribution in [-0.2, 0) is 8.98 Å². The van der Waals surface area contributed by atoms with Gasteiger partial charge in [-0.3, -0.25) is 4.79 Å². The molecule has 0 heterocycles. The van der Waals surface area contributed by atoms with Gasteiger partial charge < -0.3 is 9.29 Å². The molecule has 1 N–H and O–H groups in total. The molecule has 0 unspecified atom stereocenters. The van der Waals surface area contributed by atoms with E-state index in [2.05, 4.69) is 16.8 Å². The predicted octanol–water partition coefficient (Wildman–Crippen LogP) is 2.86. The highest BCUT2D eigenvalue weighted by molar-refractivity contribution is 7.98. The lowest BCUT2D eigenvalue weighted by atomic mass is 10.2. The van der Waals surface area contributed by atoms with E-state index in [1.54, 1.807) is 29.7 Å². The summed E-state index contributed by atoms with van der Waals surface area (Å²) in [6.45, 7) is 1.34. The molecule has 0 atom stereocenters. The number of hydrogen-bond donors (Lipinski definition) is 2. The lowest BCUT2D eigenvalue weighted by molar-refractivity contribution is -0.130. The summed E-state index contributed by atoms with van der Waals surface area (Å²) in [4.78, 5) is 11.1. The first-order valence-corrected chi connectivity index (χ1v) is 5.37. The molecule has 0 aliphatic carbocycles. The van der Waals surface area contributed by atoms with Crippen molar-refractivity contribution in [2.24, 2.45) is 0 Å². The van der Waals surface area contributed by atoms with Gasteiger partial charge in [0.1, 0.15) is 5.75 Å². The van der Waals surface area contributed by atoms with E-state index in [-0.39, 0.29) is 11.7 Å². The van der Waals surface area contributed by atoms with Gasteiger partial charge in [-0.25, -0.2) is 0 Å². The van der Waals surface area contributed by atoms with Crippen LogP contribution in [0.25, 0.3) is 6.08 Å². The molecule has 1 aromatic carbocycles. The van der Waals surface area contributed by atoms with Gasteiger partial charge >= 0.3 is 5.97 Å². The molecule has 0 aliphatic rings. The molecule has 1 rings (SSSR count). The van der Waals surface area contributed by atoms with Crippen molar-refractivity contribution in [1.82, 2.24) is 0 Å². The average Bonchev–Trinajstić information content (AvgIpc) is 2.14. The summed E-state index contributed by atoms with van der Waals surface area (Å²) in [5.41, 5.74) is 0.843. The monoisotopic (exact) mass is 242 g/mol. The van der Waals surface area contributed by atoms with Crippen LogP contribution in [0.15, 0.2) is 28.5 Å². The van der Waals surface area contributed by atoms with Crippen molar-refractivity contribution < 1.29 is 14.1 Å². The molecule has 0 bridgehead atoms. The second-order valence-electron chi connectivity index (χ2n) is 2.72. The van der Waals surface area contributed by atoms with Crippen molar-refractivity contribution in [2.75, 3.05) is 0 Å². The smallest absolute Gasteiger partial charge is 0.314 e. The SMILES string of the molecule is CC(=O)OS/C=C/c1ccc(O)cc1S. The Kier molecular flexibility index (Phi) is 4.58. The van der Waals surface area contributed by atoms with Crippen molar-refractivity contribution >= 4 is 36.7 Å². The van der Waals surface area contributed by atoms with Gasteiger partial charge in [-0.15, -0.1) is 12.6 Å². The third kappa shape index (κ3) is 4.31. The van der Waals surface area contributed by atoms with Gasteiger partial charge in [0.2, 0.25) is 0 Å². The third-order valence-electron chi connectivity index (χ3n) is 1.48. The first-order chi connectivity index (χ1) is 7.09. The van der Waals surface area contributed by atoms with E-state index in [4.69, 9.17) is 5.11 Å². The van der Waals surface area contributed by atoms with Gasteiger partial charge in [0.25, 0.3) is 0 Å². The Balaban J connectivity index is 2.60. The summed E-state index contributed by atoms with van der Waals surface area (Å²) < 4.78 is 4.64. The van der Waals surface area contributed by atoms with Crippen molar-refractivity contribution in [3.8, 4) is 5.75 Å². The summed E-state index contributed by atoms with van der Waals surface area (Å²) in [5, 5.41) is 10.8. The van der Waals surface area contributed by atoms with E-state index in [1.807, 2.05) is 0 Å².